The maximum absolute atomic E-state index is 5.81. The second kappa shape index (κ2) is 5.25. The summed E-state index contributed by atoms with van der Waals surface area (Å²) < 4.78 is 5.81. The zero-order chi connectivity index (χ0) is 11.4. The van der Waals surface area contributed by atoms with E-state index >= 15 is 0 Å². The number of hydrogen-bond acceptors (Lipinski definition) is 4. The Morgan fingerprint density at radius 3 is 2.69 bits per heavy atom. The molecule has 0 bridgehead atoms. The van der Waals surface area contributed by atoms with Crippen LogP contribution in [0.4, 0.5) is 0 Å². The van der Waals surface area contributed by atoms with Gasteiger partial charge in [-0.3, -0.25) is 0 Å². The fourth-order valence-electron chi connectivity index (χ4n) is 2.18. The first-order valence-corrected chi connectivity index (χ1v) is 5.95. The Balaban J connectivity index is 1.99. The highest BCUT2D eigenvalue weighted by molar-refractivity contribution is 5.05. The zero-order valence-electron chi connectivity index (χ0n) is 9.72. The lowest BCUT2D eigenvalue weighted by atomic mass is 9.86. The van der Waals surface area contributed by atoms with E-state index in [2.05, 4.69) is 9.97 Å². The molecule has 0 aromatic carbocycles. The van der Waals surface area contributed by atoms with Crippen LogP contribution in [0.1, 0.15) is 31.2 Å². The van der Waals surface area contributed by atoms with Crippen molar-refractivity contribution in [3.63, 3.8) is 0 Å². The van der Waals surface area contributed by atoms with E-state index in [0.29, 0.717) is 18.5 Å². The van der Waals surface area contributed by atoms with E-state index < -0.39 is 0 Å². The number of ether oxygens (including phenoxy) is 1. The van der Waals surface area contributed by atoms with Gasteiger partial charge in [-0.15, -0.1) is 0 Å². The van der Waals surface area contributed by atoms with Gasteiger partial charge in [-0.1, -0.05) is 6.42 Å². The summed E-state index contributed by atoms with van der Waals surface area (Å²) in [6.07, 6.45) is 8.46. The molecule has 1 heterocycles. The van der Waals surface area contributed by atoms with Gasteiger partial charge in [0.05, 0.1) is 0 Å². The highest BCUT2D eigenvalue weighted by Gasteiger charge is 2.26. The monoisotopic (exact) mass is 221 g/mol. The molecule has 2 atom stereocenters. The molecule has 2 N–H and O–H groups in total. The van der Waals surface area contributed by atoms with Crippen molar-refractivity contribution in [2.75, 3.05) is 6.54 Å². The molecule has 0 saturated heterocycles. The van der Waals surface area contributed by atoms with Crippen molar-refractivity contribution >= 4 is 0 Å². The third-order valence-corrected chi connectivity index (χ3v) is 3.16. The van der Waals surface area contributed by atoms with Crippen LogP contribution >= 0.6 is 0 Å². The van der Waals surface area contributed by atoms with Gasteiger partial charge in [-0.2, -0.15) is 0 Å². The third-order valence-electron chi connectivity index (χ3n) is 3.16. The van der Waals surface area contributed by atoms with E-state index in [-0.39, 0.29) is 6.10 Å². The lowest BCUT2D eigenvalue weighted by molar-refractivity contribution is 0.0871. The zero-order valence-corrected chi connectivity index (χ0v) is 9.72. The van der Waals surface area contributed by atoms with Crippen LogP contribution in [0.5, 0.6) is 6.01 Å². The van der Waals surface area contributed by atoms with E-state index in [9.17, 15) is 0 Å². The second-order valence-corrected chi connectivity index (χ2v) is 4.48. The van der Waals surface area contributed by atoms with E-state index in [1.807, 2.05) is 6.92 Å². The Labute approximate surface area is 96.2 Å². The summed E-state index contributed by atoms with van der Waals surface area (Å²) in [5, 5.41) is 0. The van der Waals surface area contributed by atoms with Crippen LogP contribution in [0.25, 0.3) is 0 Å². The topological polar surface area (TPSA) is 61.0 Å². The normalized spacial score (nSPS) is 25.4. The lowest BCUT2D eigenvalue weighted by Gasteiger charge is -2.30. The Hall–Kier alpha value is -1.16. The first-order chi connectivity index (χ1) is 7.79. The van der Waals surface area contributed by atoms with E-state index in [0.717, 1.165) is 18.4 Å². The van der Waals surface area contributed by atoms with Crippen LogP contribution in [0.15, 0.2) is 12.4 Å². The maximum Gasteiger partial charge on any atom is 0.316 e. The molecule has 1 aromatic heterocycles. The van der Waals surface area contributed by atoms with Crippen molar-refractivity contribution in [3.05, 3.63) is 18.0 Å². The summed E-state index contributed by atoms with van der Waals surface area (Å²) in [6.45, 7) is 2.66. The number of nitrogens with zero attached hydrogens (tertiary/aromatic N) is 2. The molecule has 0 aliphatic heterocycles. The van der Waals surface area contributed by atoms with Gasteiger partial charge in [0.25, 0.3) is 0 Å². The predicted molar refractivity (Wildman–Crippen MR) is 62.2 cm³/mol. The van der Waals surface area contributed by atoms with Crippen LogP contribution in [-0.2, 0) is 0 Å². The molecule has 1 saturated carbocycles. The minimum atomic E-state index is 0.196. The quantitative estimate of drug-likeness (QED) is 0.843. The minimum absolute atomic E-state index is 0.196. The summed E-state index contributed by atoms with van der Waals surface area (Å²) >= 11 is 0. The average Bonchev–Trinajstić information content (AvgIpc) is 2.33. The van der Waals surface area contributed by atoms with Crippen LogP contribution in [-0.4, -0.2) is 22.6 Å². The van der Waals surface area contributed by atoms with Gasteiger partial charge in [0.2, 0.25) is 0 Å². The average molecular weight is 221 g/mol. The SMILES string of the molecule is Cc1cnc(OC2CCCCC2CN)nc1. The summed E-state index contributed by atoms with van der Waals surface area (Å²) in [7, 11) is 0. The van der Waals surface area contributed by atoms with E-state index in [1.54, 1.807) is 12.4 Å². The number of aryl methyl sites for hydroxylation is 1. The van der Waals surface area contributed by atoms with Crippen molar-refractivity contribution in [2.24, 2.45) is 11.7 Å². The molecule has 2 unspecified atom stereocenters. The van der Waals surface area contributed by atoms with Crippen LogP contribution in [0.2, 0.25) is 0 Å². The molecule has 2 rings (SSSR count). The van der Waals surface area contributed by atoms with Gasteiger partial charge in [-0.05, 0) is 38.3 Å². The molecule has 1 aliphatic carbocycles. The van der Waals surface area contributed by atoms with Gasteiger partial charge in [0, 0.05) is 18.3 Å². The maximum atomic E-state index is 5.81. The standard InChI is InChI=1S/C12H19N3O/c1-9-7-14-12(15-8-9)16-11-5-3-2-4-10(11)6-13/h7-8,10-11H,2-6,13H2,1H3. The van der Waals surface area contributed by atoms with Crippen LogP contribution in [0, 0.1) is 12.8 Å². The molecule has 1 fully saturated rings. The van der Waals surface area contributed by atoms with Crippen molar-refractivity contribution in [3.8, 4) is 6.01 Å². The third kappa shape index (κ3) is 2.70. The van der Waals surface area contributed by atoms with Crippen molar-refractivity contribution in [2.45, 2.75) is 38.7 Å². The molecular formula is C12H19N3O. The Morgan fingerprint density at radius 1 is 1.31 bits per heavy atom. The summed E-state index contributed by atoms with van der Waals surface area (Å²) in [4.78, 5) is 8.33. The molecule has 1 aromatic rings. The van der Waals surface area contributed by atoms with Gasteiger partial charge in [-0.25, -0.2) is 9.97 Å². The molecular weight excluding hydrogens is 202 g/mol. The van der Waals surface area contributed by atoms with Crippen molar-refractivity contribution in [1.29, 1.82) is 0 Å². The number of hydrogen-bond donors (Lipinski definition) is 1. The number of rotatable bonds is 3. The Bertz CT molecular complexity index is 326. The van der Waals surface area contributed by atoms with Crippen molar-refractivity contribution in [1.82, 2.24) is 9.97 Å². The van der Waals surface area contributed by atoms with E-state index in [4.69, 9.17) is 10.5 Å². The minimum Gasteiger partial charge on any atom is -0.460 e. The van der Waals surface area contributed by atoms with Crippen LogP contribution in [0.3, 0.4) is 0 Å². The predicted octanol–water partition coefficient (Wildman–Crippen LogP) is 1.68. The van der Waals surface area contributed by atoms with Crippen molar-refractivity contribution < 1.29 is 4.74 Å². The van der Waals surface area contributed by atoms with Crippen LogP contribution < -0.4 is 10.5 Å². The van der Waals surface area contributed by atoms with Gasteiger partial charge < -0.3 is 10.5 Å². The molecule has 1 aliphatic rings. The molecule has 16 heavy (non-hydrogen) atoms. The molecule has 4 nitrogen and oxygen atoms in total. The largest absolute Gasteiger partial charge is 0.460 e. The number of aromatic nitrogens is 2. The first-order valence-electron chi connectivity index (χ1n) is 5.95. The summed E-state index contributed by atoms with van der Waals surface area (Å²) in [6, 6.07) is 0.482. The second-order valence-electron chi connectivity index (χ2n) is 4.48. The summed E-state index contributed by atoms with van der Waals surface area (Å²) in [5.41, 5.74) is 6.80. The summed E-state index contributed by atoms with van der Waals surface area (Å²) in [5.74, 6) is 0.457. The number of nitrogens with two attached hydrogens (primary N) is 1. The lowest BCUT2D eigenvalue weighted by Crippen LogP contribution is -2.35. The highest BCUT2D eigenvalue weighted by Crippen LogP contribution is 2.26. The molecule has 0 spiro atoms. The fourth-order valence-corrected chi connectivity index (χ4v) is 2.18. The first kappa shape index (κ1) is 11.3. The molecule has 0 amide bonds. The fraction of sp³-hybridized carbons (Fsp3) is 0.667. The Kier molecular flexibility index (Phi) is 3.72. The van der Waals surface area contributed by atoms with Gasteiger partial charge in [0.1, 0.15) is 6.10 Å². The van der Waals surface area contributed by atoms with E-state index in [1.165, 1.54) is 12.8 Å². The molecule has 0 radical (unpaired) electrons. The van der Waals surface area contributed by atoms with Gasteiger partial charge in [0.15, 0.2) is 0 Å². The highest BCUT2D eigenvalue weighted by atomic mass is 16.5. The smallest absolute Gasteiger partial charge is 0.316 e. The molecule has 4 heteroatoms. The molecule has 88 valence electrons. The van der Waals surface area contributed by atoms with Gasteiger partial charge >= 0.3 is 6.01 Å². The Morgan fingerprint density at radius 2 is 2.00 bits per heavy atom.